The van der Waals surface area contributed by atoms with E-state index in [1.807, 2.05) is 0 Å². The number of benzene rings is 2. The minimum Gasteiger partial charge on any atom is -0.399 e. The van der Waals surface area contributed by atoms with Crippen molar-refractivity contribution in [1.29, 1.82) is 0 Å². The van der Waals surface area contributed by atoms with Gasteiger partial charge in [-0.1, -0.05) is 17.9 Å². The summed E-state index contributed by atoms with van der Waals surface area (Å²) in [4.78, 5) is 0. The highest BCUT2D eigenvalue weighted by Crippen LogP contribution is 2.30. The largest absolute Gasteiger partial charge is 0.416 e. The summed E-state index contributed by atoms with van der Waals surface area (Å²) in [5.41, 5.74) is 7.36. The summed E-state index contributed by atoms with van der Waals surface area (Å²) < 4.78 is 37.6. The van der Waals surface area contributed by atoms with Gasteiger partial charge in [-0.3, -0.25) is 0 Å². The molecule has 2 aromatic rings. The number of nitrogen functional groups attached to an aromatic ring is 1. The molecule has 20 heavy (non-hydrogen) atoms. The van der Waals surface area contributed by atoms with Gasteiger partial charge in [0.15, 0.2) is 0 Å². The van der Waals surface area contributed by atoms with Gasteiger partial charge in [0.25, 0.3) is 0 Å². The monoisotopic (exact) mass is 275 g/mol. The molecular weight excluding hydrogens is 263 g/mol. The Bertz CT molecular complexity index is 691. The Hall–Kier alpha value is -2.41. The van der Waals surface area contributed by atoms with Gasteiger partial charge >= 0.3 is 6.18 Å². The molecule has 0 aliphatic heterocycles. The Morgan fingerprint density at radius 1 is 1.00 bits per heavy atom. The van der Waals surface area contributed by atoms with Crippen molar-refractivity contribution >= 4 is 5.69 Å². The summed E-state index contributed by atoms with van der Waals surface area (Å²) in [7, 11) is 0. The van der Waals surface area contributed by atoms with Crippen LogP contribution in [0.5, 0.6) is 0 Å². The fourth-order valence-corrected chi connectivity index (χ4v) is 1.74. The van der Waals surface area contributed by atoms with Crippen molar-refractivity contribution in [3.63, 3.8) is 0 Å². The van der Waals surface area contributed by atoms with Gasteiger partial charge in [-0.05, 0) is 48.9 Å². The number of hydrogen-bond donors (Lipinski definition) is 1. The van der Waals surface area contributed by atoms with E-state index in [1.165, 1.54) is 6.07 Å². The van der Waals surface area contributed by atoms with Crippen LogP contribution in [0, 0.1) is 18.8 Å². The maximum absolute atomic E-state index is 12.5. The summed E-state index contributed by atoms with van der Waals surface area (Å²) in [5.74, 6) is 5.75. The topological polar surface area (TPSA) is 26.0 Å². The van der Waals surface area contributed by atoms with Gasteiger partial charge in [0, 0.05) is 16.8 Å². The summed E-state index contributed by atoms with van der Waals surface area (Å²) in [6.45, 7) is 1.61. The molecule has 0 saturated heterocycles. The molecule has 2 aromatic carbocycles. The Labute approximate surface area is 115 Å². The van der Waals surface area contributed by atoms with Crippen LogP contribution in [-0.2, 0) is 6.18 Å². The van der Waals surface area contributed by atoms with Crippen molar-refractivity contribution in [3.8, 4) is 11.8 Å². The second-order valence-corrected chi connectivity index (χ2v) is 4.40. The Morgan fingerprint density at radius 3 is 2.35 bits per heavy atom. The highest BCUT2D eigenvalue weighted by Gasteiger charge is 2.30. The number of nitrogens with two attached hydrogens (primary N) is 1. The standard InChI is InChI=1S/C16H12F3N/c1-11-9-14(16(17,18)19)8-7-13(11)6-5-12-3-2-4-15(20)10-12/h2-4,7-10H,20H2,1H3. The van der Waals surface area contributed by atoms with Crippen LogP contribution in [0.15, 0.2) is 42.5 Å². The molecule has 0 fully saturated rings. The van der Waals surface area contributed by atoms with E-state index in [1.54, 1.807) is 31.2 Å². The van der Waals surface area contributed by atoms with Gasteiger partial charge in [0.05, 0.1) is 5.56 Å². The van der Waals surface area contributed by atoms with Crippen molar-refractivity contribution < 1.29 is 13.2 Å². The molecule has 0 aliphatic rings. The molecule has 0 heterocycles. The van der Waals surface area contributed by atoms with Crippen LogP contribution < -0.4 is 5.73 Å². The Balaban J connectivity index is 2.32. The van der Waals surface area contributed by atoms with E-state index in [0.717, 1.165) is 17.7 Å². The number of rotatable bonds is 0. The van der Waals surface area contributed by atoms with Crippen LogP contribution in [0.3, 0.4) is 0 Å². The van der Waals surface area contributed by atoms with E-state index < -0.39 is 11.7 Å². The fourth-order valence-electron chi connectivity index (χ4n) is 1.74. The van der Waals surface area contributed by atoms with E-state index >= 15 is 0 Å². The predicted octanol–water partition coefficient (Wildman–Crippen LogP) is 4.00. The Morgan fingerprint density at radius 2 is 1.75 bits per heavy atom. The predicted molar refractivity (Wildman–Crippen MR) is 73.0 cm³/mol. The van der Waals surface area contributed by atoms with E-state index in [4.69, 9.17) is 5.73 Å². The SMILES string of the molecule is Cc1cc(C(F)(F)F)ccc1C#Cc1cccc(N)c1. The van der Waals surface area contributed by atoms with Crippen molar-refractivity contribution in [1.82, 2.24) is 0 Å². The lowest BCUT2D eigenvalue weighted by Gasteiger charge is -2.08. The normalized spacial score (nSPS) is 10.8. The van der Waals surface area contributed by atoms with E-state index in [-0.39, 0.29) is 0 Å². The summed E-state index contributed by atoms with van der Waals surface area (Å²) in [6.07, 6.45) is -4.33. The molecule has 102 valence electrons. The molecule has 2 N–H and O–H groups in total. The number of halogens is 3. The molecule has 2 rings (SSSR count). The maximum atomic E-state index is 12.5. The summed E-state index contributed by atoms with van der Waals surface area (Å²) in [6, 6.07) is 10.6. The van der Waals surface area contributed by atoms with Crippen molar-refractivity contribution in [2.24, 2.45) is 0 Å². The highest BCUT2D eigenvalue weighted by atomic mass is 19.4. The van der Waals surface area contributed by atoms with E-state index in [0.29, 0.717) is 16.8 Å². The van der Waals surface area contributed by atoms with Gasteiger partial charge in [-0.2, -0.15) is 13.2 Å². The molecule has 0 saturated carbocycles. The Kier molecular flexibility index (Phi) is 3.71. The van der Waals surface area contributed by atoms with Crippen LogP contribution in [0.1, 0.15) is 22.3 Å². The van der Waals surface area contributed by atoms with Crippen molar-refractivity contribution in [2.45, 2.75) is 13.1 Å². The number of alkyl halides is 3. The van der Waals surface area contributed by atoms with Crippen LogP contribution in [-0.4, -0.2) is 0 Å². The molecule has 0 atom stereocenters. The quantitative estimate of drug-likeness (QED) is 0.571. The van der Waals surface area contributed by atoms with E-state index in [2.05, 4.69) is 11.8 Å². The summed E-state index contributed by atoms with van der Waals surface area (Å²) in [5, 5.41) is 0. The second kappa shape index (κ2) is 5.30. The van der Waals surface area contributed by atoms with Gasteiger partial charge in [-0.25, -0.2) is 0 Å². The van der Waals surface area contributed by atoms with Gasteiger partial charge in [0.2, 0.25) is 0 Å². The molecule has 0 amide bonds. The maximum Gasteiger partial charge on any atom is 0.416 e. The second-order valence-electron chi connectivity index (χ2n) is 4.40. The molecule has 0 spiro atoms. The lowest BCUT2D eigenvalue weighted by molar-refractivity contribution is -0.137. The first-order valence-corrected chi connectivity index (χ1v) is 5.92. The molecule has 0 bridgehead atoms. The van der Waals surface area contributed by atoms with E-state index in [9.17, 15) is 13.2 Å². The van der Waals surface area contributed by atoms with Crippen LogP contribution in [0.25, 0.3) is 0 Å². The first-order chi connectivity index (χ1) is 9.36. The zero-order valence-corrected chi connectivity index (χ0v) is 10.8. The third-order valence-electron chi connectivity index (χ3n) is 2.78. The number of anilines is 1. The minimum atomic E-state index is -4.33. The molecule has 0 unspecified atom stereocenters. The molecular formula is C16H12F3N. The smallest absolute Gasteiger partial charge is 0.399 e. The van der Waals surface area contributed by atoms with Crippen LogP contribution in [0.2, 0.25) is 0 Å². The third kappa shape index (κ3) is 3.33. The fraction of sp³-hybridized carbons (Fsp3) is 0.125. The number of hydrogen-bond acceptors (Lipinski definition) is 1. The molecule has 0 aliphatic carbocycles. The third-order valence-corrected chi connectivity index (χ3v) is 2.78. The van der Waals surface area contributed by atoms with Crippen LogP contribution >= 0.6 is 0 Å². The van der Waals surface area contributed by atoms with Gasteiger partial charge in [0.1, 0.15) is 0 Å². The van der Waals surface area contributed by atoms with Crippen molar-refractivity contribution in [3.05, 3.63) is 64.7 Å². The minimum absolute atomic E-state index is 0.497. The summed E-state index contributed by atoms with van der Waals surface area (Å²) >= 11 is 0. The molecule has 1 nitrogen and oxygen atoms in total. The average Bonchev–Trinajstić information content (AvgIpc) is 2.36. The highest BCUT2D eigenvalue weighted by molar-refractivity contribution is 5.51. The first-order valence-electron chi connectivity index (χ1n) is 5.92. The van der Waals surface area contributed by atoms with Crippen LogP contribution in [0.4, 0.5) is 18.9 Å². The first kappa shape index (κ1) is 14.0. The molecule has 0 aromatic heterocycles. The lowest BCUT2D eigenvalue weighted by Crippen LogP contribution is -2.05. The molecule has 0 radical (unpaired) electrons. The van der Waals surface area contributed by atoms with Gasteiger partial charge < -0.3 is 5.73 Å². The molecule has 4 heteroatoms. The zero-order valence-electron chi connectivity index (χ0n) is 10.8. The number of aryl methyl sites for hydroxylation is 1. The lowest BCUT2D eigenvalue weighted by atomic mass is 10.0. The average molecular weight is 275 g/mol. The van der Waals surface area contributed by atoms with Gasteiger partial charge in [-0.15, -0.1) is 0 Å². The zero-order chi connectivity index (χ0) is 14.8. The van der Waals surface area contributed by atoms with Crippen molar-refractivity contribution in [2.75, 3.05) is 5.73 Å².